The van der Waals surface area contributed by atoms with Crippen molar-refractivity contribution in [1.29, 1.82) is 0 Å². The number of carboxylic acid groups (broad SMARTS) is 1. The van der Waals surface area contributed by atoms with Crippen molar-refractivity contribution in [1.82, 2.24) is 0 Å². The number of aliphatic hydroxyl groups is 13. The Bertz CT molecular complexity index is 3610. The van der Waals surface area contributed by atoms with E-state index in [1.165, 1.54) is 30.3 Å². The Balaban J connectivity index is 0.870. The molecule has 92 heavy (non-hydrogen) atoms. The van der Waals surface area contributed by atoms with Crippen LogP contribution in [-0.4, -0.2) is 262 Å². The van der Waals surface area contributed by atoms with Crippen LogP contribution in [0.3, 0.4) is 0 Å². The van der Waals surface area contributed by atoms with E-state index in [0.717, 1.165) is 36.4 Å². The van der Waals surface area contributed by atoms with Gasteiger partial charge in [-0.25, -0.2) is 4.79 Å². The molecule has 5 aromatic rings. The maximum absolute atomic E-state index is 14.7. The summed E-state index contributed by atoms with van der Waals surface area (Å²) in [5, 5.41) is 200. The number of hydrogen-bond acceptors (Lipinski definition) is 33. The zero-order chi connectivity index (χ0) is 66.5. The van der Waals surface area contributed by atoms with E-state index in [2.05, 4.69) is 4.74 Å². The number of ether oxygens (including phenoxy) is 11. The highest BCUT2D eigenvalue weighted by molar-refractivity contribution is 5.91. The van der Waals surface area contributed by atoms with Gasteiger partial charge in [-0.05, 0) is 42.5 Å². The predicted octanol–water partition coefficient (Wildman–Crippen LogP) is -4.69. The highest BCUT2D eigenvalue weighted by atomic mass is 16.8. The minimum Gasteiger partial charge on any atom is -0.571 e. The van der Waals surface area contributed by atoms with E-state index >= 15 is 0 Å². The molecule has 4 aromatic carbocycles. The first-order valence-corrected chi connectivity index (χ1v) is 27.7. The molecular formula is C57H61O35+. The van der Waals surface area contributed by atoms with Crippen LogP contribution in [0.2, 0.25) is 0 Å². The van der Waals surface area contributed by atoms with Gasteiger partial charge in [0.2, 0.25) is 30.0 Å². The summed E-state index contributed by atoms with van der Waals surface area (Å²) in [4.78, 5) is 53.6. The number of aromatic hydroxyl groups is 7. The number of fused-ring (bicyclic) bond motifs is 2. The van der Waals surface area contributed by atoms with Gasteiger partial charge < -0.3 is 154 Å². The Morgan fingerprint density at radius 2 is 1.16 bits per heavy atom. The van der Waals surface area contributed by atoms with Crippen molar-refractivity contribution in [2.24, 2.45) is 0 Å². The number of phenols is 6. The lowest BCUT2D eigenvalue weighted by Gasteiger charge is -2.45. The van der Waals surface area contributed by atoms with Gasteiger partial charge in [-0.3, -0.25) is 14.4 Å². The number of esters is 2. The number of carboxylic acids is 1. The average Bonchev–Trinajstić information content (AvgIpc) is 0.901. The molecular weight excluding hydrogens is 1240 g/mol. The van der Waals surface area contributed by atoms with Gasteiger partial charge in [-0.15, -0.1) is 0 Å². The Morgan fingerprint density at radius 1 is 0.543 bits per heavy atom. The molecule has 0 radical (unpaired) electrons. The van der Waals surface area contributed by atoms with Gasteiger partial charge in [0.05, 0.1) is 24.8 Å². The third-order valence-electron chi connectivity index (χ3n) is 15.4. The van der Waals surface area contributed by atoms with Gasteiger partial charge in [0.1, 0.15) is 138 Å². The molecule has 0 bridgehead atoms. The van der Waals surface area contributed by atoms with Crippen LogP contribution >= 0.6 is 0 Å². The number of hydrogen-bond donors (Lipinski definition) is 19. The smallest absolute Gasteiger partial charge is 0.335 e. The highest BCUT2D eigenvalue weighted by Crippen LogP contribution is 2.47. The number of benzene rings is 4. The molecule has 0 spiro atoms. The number of rotatable bonds is 18. The third-order valence-corrected chi connectivity index (χ3v) is 15.4. The lowest BCUT2D eigenvalue weighted by atomic mass is 9.97. The Kier molecular flexibility index (Phi) is 19.5. The zero-order valence-electron chi connectivity index (χ0n) is 46.9. The third kappa shape index (κ3) is 13.3. The Labute approximate surface area is 513 Å². The quantitative estimate of drug-likeness (QED) is 0.0170. The second kappa shape index (κ2) is 27.0. The fraction of sp³-hybridized carbons (Fsp3) is 0.439. The van der Waals surface area contributed by atoms with E-state index in [9.17, 15) is 116 Å². The predicted molar refractivity (Wildman–Crippen MR) is 292 cm³/mol. The van der Waals surface area contributed by atoms with Crippen molar-refractivity contribution in [3.05, 3.63) is 93.8 Å². The maximum Gasteiger partial charge on any atom is 0.335 e. The van der Waals surface area contributed by atoms with E-state index in [0.29, 0.717) is 6.07 Å². The van der Waals surface area contributed by atoms with Gasteiger partial charge in [0.25, 0.3) is 11.9 Å². The first-order valence-electron chi connectivity index (χ1n) is 27.7. The summed E-state index contributed by atoms with van der Waals surface area (Å²) in [7, 11) is 0. The Hall–Kier alpha value is -8.44. The van der Waals surface area contributed by atoms with Gasteiger partial charge in [0, 0.05) is 29.8 Å². The van der Waals surface area contributed by atoms with Gasteiger partial charge in [0.15, 0.2) is 47.6 Å². The second-order valence-electron chi connectivity index (χ2n) is 21.6. The van der Waals surface area contributed by atoms with Crippen molar-refractivity contribution >= 4 is 35.0 Å². The monoisotopic (exact) mass is 1310 g/mol. The molecule has 1 aromatic heterocycles. The van der Waals surface area contributed by atoms with Crippen LogP contribution in [0.1, 0.15) is 23.7 Å². The summed E-state index contributed by atoms with van der Waals surface area (Å²) in [6.45, 7) is -2.91. The molecule has 35 heteroatoms. The Morgan fingerprint density at radius 3 is 1.83 bits per heavy atom. The number of aliphatic carboxylic acids is 1. The van der Waals surface area contributed by atoms with E-state index in [4.69, 9.17) is 51.8 Å². The second-order valence-corrected chi connectivity index (χ2v) is 21.6. The molecule has 5 aliphatic heterocycles. The fourth-order valence-electron chi connectivity index (χ4n) is 10.5. The van der Waals surface area contributed by atoms with Crippen LogP contribution in [0, 0.1) is 0 Å². The molecule has 21 atom stereocenters. The molecule has 20 N–H and O–H groups in total. The zero-order valence-corrected chi connectivity index (χ0v) is 46.9. The van der Waals surface area contributed by atoms with Gasteiger partial charge in [-0.2, -0.15) is 0 Å². The summed E-state index contributed by atoms with van der Waals surface area (Å²) in [6.07, 6.45) is -42.4. The van der Waals surface area contributed by atoms with Crippen molar-refractivity contribution in [2.45, 2.75) is 135 Å². The average molecular weight is 1310 g/mol. The minimum absolute atomic E-state index is 0.00392. The molecule has 21 unspecified atom stereocenters. The van der Waals surface area contributed by atoms with Crippen LogP contribution < -0.4 is 14.9 Å². The molecule has 10 rings (SSSR count). The van der Waals surface area contributed by atoms with E-state index in [1.54, 1.807) is 0 Å². The van der Waals surface area contributed by atoms with Gasteiger partial charge >= 0.3 is 17.9 Å². The number of carbonyl (C=O) groups excluding carboxylic acids is 2. The van der Waals surface area contributed by atoms with Crippen molar-refractivity contribution in [3.63, 3.8) is 0 Å². The summed E-state index contributed by atoms with van der Waals surface area (Å²) in [5.41, 5.74) is -1.82. The summed E-state index contributed by atoms with van der Waals surface area (Å²) < 4.78 is 66.7. The first-order chi connectivity index (χ1) is 43.7. The summed E-state index contributed by atoms with van der Waals surface area (Å²) in [5.74, 6) is -10.5. The molecule has 5 aliphatic rings. The fourth-order valence-corrected chi connectivity index (χ4v) is 10.5. The molecule has 4 fully saturated rings. The molecule has 35 nitrogen and oxygen atoms in total. The van der Waals surface area contributed by atoms with Crippen molar-refractivity contribution in [3.8, 4) is 63.1 Å². The standard InChI is InChI=1S/C57H60O35/c58-14-30-36(68)40(72)46(78)55(86-30)92-52-42(74)37(69)31(15-59)87-57(52)90-49-39(71)35-26(65)10-21(11-28(35)84-48(49)17-1-4-19(60)5-2-17)82-56-51(44(76)43(75)50(91-56)53(79)80)89-34(67)13-33(66)81-16-32-38(70)41(73)45(77)54(88-32)85-29-12-22-24(63)8-20(61)9-27(22)83-47(29)18-3-6-23(62)25(64)7-18/h1-12,30-32,36-38,40-47,50-52,54-65,68-70,72-78H,13-16H2,(H,79,80)/p+1. The van der Waals surface area contributed by atoms with Crippen LogP contribution in [0.15, 0.2) is 81.7 Å². The van der Waals surface area contributed by atoms with E-state index in [-0.39, 0.29) is 39.7 Å². The van der Waals surface area contributed by atoms with Crippen LogP contribution in [-0.2, 0) is 52.3 Å². The normalized spacial score (nSPS) is 32.9. The molecule has 0 aliphatic carbocycles. The molecule has 6 heterocycles. The van der Waals surface area contributed by atoms with Gasteiger partial charge in [-0.1, -0.05) is 0 Å². The number of carbonyl (C=O) groups is 3. The largest absolute Gasteiger partial charge is 0.571 e. The molecule has 0 saturated carbocycles. The van der Waals surface area contributed by atoms with Crippen LogP contribution in [0.25, 0.3) is 28.4 Å². The highest BCUT2D eigenvalue weighted by Gasteiger charge is 2.54. The molecule has 0 amide bonds. The lowest BCUT2D eigenvalue weighted by Crippen LogP contribution is -2.65. The summed E-state index contributed by atoms with van der Waals surface area (Å²) >= 11 is 0. The number of phenolic OH excluding ortho intramolecular Hbond substituents is 6. The SMILES string of the molecule is O=C(CC(=O)OC1C(Oc2cc(O)c3c(=O)c(OC4OC(CO)C(O)C(O)C4OC4OC(CO)C(O)C(O)C4O)c(-c4ccc(O)cc4)oc3c2)OC(C(=O)O)C(O)C1O)OCC1OC(OC2=Cc3c(O)cc(O)cc3[OH+]C2c2ccc(O)c(O)c2)C(O)C(O)C1O. The minimum atomic E-state index is -2.41. The lowest BCUT2D eigenvalue weighted by molar-refractivity contribution is -0.358. The van der Waals surface area contributed by atoms with Crippen LogP contribution in [0.5, 0.6) is 51.7 Å². The topological polar surface area (TPSA) is 571 Å². The van der Waals surface area contributed by atoms with Crippen LogP contribution in [0.4, 0.5) is 0 Å². The molecule has 498 valence electrons. The van der Waals surface area contributed by atoms with Crippen molar-refractivity contribution < 1.29 is 168 Å². The van der Waals surface area contributed by atoms with E-state index < -0.39 is 230 Å². The van der Waals surface area contributed by atoms with Crippen molar-refractivity contribution in [2.75, 3.05) is 19.8 Å². The first kappa shape index (κ1) is 66.5. The number of aliphatic hydroxyl groups excluding tert-OH is 12. The van der Waals surface area contributed by atoms with E-state index in [1.807, 2.05) is 0 Å². The maximum atomic E-state index is 14.7. The molecule has 4 saturated heterocycles. The summed E-state index contributed by atoms with van der Waals surface area (Å²) in [6, 6.07) is 12.0.